The van der Waals surface area contributed by atoms with E-state index < -0.39 is 0 Å². The standard InChI is InChI=1S/C16H32O3/c1-4-5-6-9-16(10-7-8-11-16)19-15(3)13-18-14(2)12-17/h14-15,17H,4-13H2,1-3H3. The van der Waals surface area contributed by atoms with Crippen molar-refractivity contribution < 1.29 is 14.6 Å². The monoisotopic (exact) mass is 272 g/mol. The van der Waals surface area contributed by atoms with Crippen LogP contribution < -0.4 is 0 Å². The maximum absolute atomic E-state index is 8.96. The largest absolute Gasteiger partial charge is 0.394 e. The number of unbranched alkanes of at least 4 members (excludes halogenated alkanes) is 2. The minimum absolute atomic E-state index is 0.0777. The van der Waals surface area contributed by atoms with E-state index in [0.717, 1.165) is 0 Å². The van der Waals surface area contributed by atoms with Crippen molar-refractivity contribution in [3.8, 4) is 0 Å². The third kappa shape index (κ3) is 6.24. The van der Waals surface area contributed by atoms with E-state index >= 15 is 0 Å². The summed E-state index contributed by atoms with van der Waals surface area (Å²) in [6.07, 6.45) is 10.1. The van der Waals surface area contributed by atoms with Crippen LogP contribution in [0.15, 0.2) is 0 Å². The fraction of sp³-hybridized carbons (Fsp3) is 1.00. The molecule has 0 spiro atoms. The summed E-state index contributed by atoms with van der Waals surface area (Å²) in [5, 5.41) is 8.96. The van der Waals surface area contributed by atoms with Gasteiger partial charge in [-0.2, -0.15) is 0 Å². The molecule has 3 heteroatoms. The van der Waals surface area contributed by atoms with Crippen LogP contribution in [-0.4, -0.2) is 36.1 Å². The normalized spacial score (nSPS) is 21.5. The quantitative estimate of drug-likeness (QED) is 0.617. The summed E-state index contributed by atoms with van der Waals surface area (Å²) in [7, 11) is 0. The Kier molecular flexibility index (Phi) is 7.96. The number of rotatable bonds is 10. The minimum Gasteiger partial charge on any atom is -0.394 e. The van der Waals surface area contributed by atoms with Crippen LogP contribution >= 0.6 is 0 Å². The first-order valence-electron chi connectivity index (χ1n) is 8.02. The van der Waals surface area contributed by atoms with Crippen molar-refractivity contribution in [2.24, 2.45) is 0 Å². The molecule has 1 aliphatic rings. The Hall–Kier alpha value is -0.120. The minimum atomic E-state index is -0.0920. The lowest BCUT2D eigenvalue weighted by atomic mass is 9.94. The van der Waals surface area contributed by atoms with Gasteiger partial charge in [-0.15, -0.1) is 0 Å². The van der Waals surface area contributed by atoms with Gasteiger partial charge in [-0.3, -0.25) is 0 Å². The van der Waals surface area contributed by atoms with Crippen LogP contribution in [-0.2, 0) is 9.47 Å². The van der Waals surface area contributed by atoms with E-state index in [1.807, 2.05) is 6.92 Å². The van der Waals surface area contributed by atoms with Crippen molar-refractivity contribution >= 4 is 0 Å². The van der Waals surface area contributed by atoms with Gasteiger partial charge in [-0.05, 0) is 33.1 Å². The smallest absolute Gasteiger partial charge is 0.0788 e. The van der Waals surface area contributed by atoms with Gasteiger partial charge < -0.3 is 14.6 Å². The van der Waals surface area contributed by atoms with E-state index in [1.54, 1.807) is 0 Å². The van der Waals surface area contributed by atoms with Gasteiger partial charge >= 0.3 is 0 Å². The van der Waals surface area contributed by atoms with Gasteiger partial charge in [0, 0.05) is 0 Å². The van der Waals surface area contributed by atoms with Crippen molar-refractivity contribution in [2.45, 2.75) is 89.9 Å². The zero-order chi connectivity index (χ0) is 14.1. The van der Waals surface area contributed by atoms with Crippen LogP contribution in [0.2, 0.25) is 0 Å². The number of hydrogen-bond donors (Lipinski definition) is 1. The van der Waals surface area contributed by atoms with Gasteiger partial charge in [0.15, 0.2) is 0 Å². The van der Waals surface area contributed by atoms with Gasteiger partial charge in [-0.1, -0.05) is 39.0 Å². The molecule has 1 N–H and O–H groups in total. The molecular weight excluding hydrogens is 240 g/mol. The average Bonchev–Trinajstić information content (AvgIpc) is 2.85. The second-order valence-corrected chi connectivity index (χ2v) is 6.10. The molecule has 114 valence electrons. The molecule has 0 saturated heterocycles. The molecule has 1 fully saturated rings. The predicted octanol–water partition coefficient (Wildman–Crippen LogP) is 3.68. The summed E-state index contributed by atoms with van der Waals surface area (Å²) in [5.41, 5.74) is 0.112. The van der Waals surface area contributed by atoms with Crippen LogP contribution in [0.3, 0.4) is 0 Å². The van der Waals surface area contributed by atoms with Gasteiger partial charge in [0.25, 0.3) is 0 Å². The van der Waals surface area contributed by atoms with E-state index in [4.69, 9.17) is 14.6 Å². The molecule has 0 radical (unpaired) electrons. The highest BCUT2D eigenvalue weighted by Gasteiger charge is 2.35. The Labute approximate surface area is 118 Å². The Balaban J connectivity index is 2.35. The molecule has 1 rings (SSSR count). The maximum Gasteiger partial charge on any atom is 0.0788 e. The Morgan fingerprint density at radius 1 is 1.11 bits per heavy atom. The third-order valence-corrected chi connectivity index (χ3v) is 4.07. The van der Waals surface area contributed by atoms with E-state index in [0.29, 0.717) is 6.61 Å². The van der Waals surface area contributed by atoms with Crippen LogP contribution in [0.1, 0.15) is 72.1 Å². The summed E-state index contributed by atoms with van der Waals surface area (Å²) >= 11 is 0. The van der Waals surface area contributed by atoms with Gasteiger partial charge in [-0.25, -0.2) is 0 Å². The van der Waals surface area contributed by atoms with Crippen LogP contribution in [0.4, 0.5) is 0 Å². The molecule has 1 saturated carbocycles. The van der Waals surface area contributed by atoms with Crippen LogP contribution in [0.25, 0.3) is 0 Å². The van der Waals surface area contributed by atoms with Crippen molar-refractivity contribution in [3.63, 3.8) is 0 Å². The fourth-order valence-electron chi connectivity index (χ4n) is 2.96. The Morgan fingerprint density at radius 3 is 2.37 bits per heavy atom. The average molecular weight is 272 g/mol. The van der Waals surface area contributed by atoms with Crippen molar-refractivity contribution in [1.29, 1.82) is 0 Å². The Bertz CT molecular complexity index is 224. The summed E-state index contributed by atoms with van der Waals surface area (Å²) < 4.78 is 11.9. The molecule has 3 nitrogen and oxygen atoms in total. The highest BCUT2D eigenvalue weighted by atomic mass is 16.6. The molecule has 0 heterocycles. The highest BCUT2D eigenvalue weighted by molar-refractivity contribution is 4.87. The molecule has 0 aromatic carbocycles. The van der Waals surface area contributed by atoms with Crippen molar-refractivity contribution in [2.75, 3.05) is 13.2 Å². The lowest BCUT2D eigenvalue weighted by Crippen LogP contribution is -2.35. The lowest BCUT2D eigenvalue weighted by Gasteiger charge is -2.33. The summed E-state index contributed by atoms with van der Waals surface area (Å²) in [6.45, 7) is 6.88. The number of aliphatic hydroxyl groups is 1. The van der Waals surface area contributed by atoms with Crippen molar-refractivity contribution in [1.82, 2.24) is 0 Å². The number of ether oxygens (including phenoxy) is 2. The molecule has 1 aliphatic carbocycles. The fourth-order valence-corrected chi connectivity index (χ4v) is 2.96. The molecule has 0 aromatic heterocycles. The lowest BCUT2D eigenvalue weighted by molar-refractivity contribution is -0.124. The molecule has 0 bridgehead atoms. The molecule has 0 aliphatic heterocycles. The second-order valence-electron chi connectivity index (χ2n) is 6.10. The molecule has 19 heavy (non-hydrogen) atoms. The summed E-state index contributed by atoms with van der Waals surface area (Å²) in [5.74, 6) is 0. The zero-order valence-corrected chi connectivity index (χ0v) is 13.0. The van der Waals surface area contributed by atoms with E-state index in [9.17, 15) is 0 Å². The molecule has 0 amide bonds. The topological polar surface area (TPSA) is 38.7 Å². The van der Waals surface area contributed by atoms with Crippen LogP contribution in [0, 0.1) is 0 Å². The van der Waals surface area contributed by atoms with Gasteiger partial charge in [0.05, 0.1) is 31.0 Å². The second kappa shape index (κ2) is 8.93. The summed E-state index contributed by atoms with van der Waals surface area (Å²) in [6, 6.07) is 0. The van der Waals surface area contributed by atoms with E-state index in [1.165, 1.54) is 51.4 Å². The molecular formula is C16H32O3. The first kappa shape index (κ1) is 16.9. The summed E-state index contributed by atoms with van der Waals surface area (Å²) in [4.78, 5) is 0. The molecule has 0 aromatic rings. The number of aliphatic hydroxyl groups excluding tert-OH is 1. The SMILES string of the molecule is CCCCCC1(OC(C)COC(C)CO)CCCC1. The maximum atomic E-state index is 8.96. The number of hydrogen-bond acceptors (Lipinski definition) is 3. The zero-order valence-electron chi connectivity index (χ0n) is 13.0. The van der Waals surface area contributed by atoms with E-state index in [2.05, 4.69) is 13.8 Å². The highest BCUT2D eigenvalue weighted by Crippen LogP contribution is 2.38. The molecule has 2 atom stereocenters. The molecule has 2 unspecified atom stereocenters. The predicted molar refractivity (Wildman–Crippen MR) is 78.4 cm³/mol. The van der Waals surface area contributed by atoms with Gasteiger partial charge in [0.2, 0.25) is 0 Å². The van der Waals surface area contributed by atoms with Crippen molar-refractivity contribution in [3.05, 3.63) is 0 Å². The van der Waals surface area contributed by atoms with Crippen LogP contribution in [0.5, 0.6) is 0 Å². The first-order chi connectivity index (χ1) is 9.12. The van der Waals surface area contributed by atoms with Gasteiger partial charge in [0.1, 0.15) is 0 Å². The third-order valence-electron chi connectivity index (χ3n) is 4.07. The Morgan fingerprint density at radius 2 is 1.79 bits per heavy atom. The first-order valence-corrected chi connectivity index (χ1v) is 8.02. The van der Waals surface area contributed by atoms with E-state index in [-0.39, 0.29) is 24.4 Å².